The van der Waals surface area contributed by atoms with Crippen LogP contribution in [0.15, 0.2) is 24.3 Å². The highest BCUT2D eigenvalue weighted by Gasteiger charge is 2.63. The van der Waals surface area contributed by atoms with E-state index in [1.165, 1.54) is 12.1 Å². The molecule has 0 radical (unpaired) electrons. The maximum absolute atomic E-state index is 12.7. The van der Waals surface area contributed by atoms with Crippen LogP contribution in [0.5, 0.6) is 0 Å². The van der Waals surface area contributed by atoms with Crippen LogP contribution in [0.3, 0.4) is 0 Å². The zero-order valence-corrected chi connectivity index (χ0v) is 12.0. The molecule has 4 nitrogen and oxygen atoms in total. The van der Waals surface area contributed by atoms with Gasteiger partial charge in [-0.25, -0.2) is 0 Å². The molecule has 1 N–H and O–H groups in total. The Balaban J connectivity index is 1.54. The first-order valence-corrected chi connectivity index (χ1v) is 7.53. The van der Waals surface area contributed by atoms with Crippen molar-refractivity contribution in [3.05, 3.63) is 29.8 Å². The molecule has 1 aliphatic heterocycles. The first kappa shape index (κ1) is 14.5. The lowest BCUT2D eigenvalue weighted by molar-refractivity contribution is -0.145. The molecule has 2 bridgehead atoms. The molecule has 3 aliphatic rings. The number of hydrogen-bond donors (Lipinski definition) is 1. The predicted octanol–water partition coefficient (Wildman–Crippen LogP) is 2.84. The van der Waals surface area contributed by atoms with Crippen LogP contribution in [-0.4, -0.2) is 18.0 Å². The van der Waals surface area contributed by atoms with E-state index >= 15 is 0 Å². The molecule has 0 spiro atoms. The zero-order valence-electron chi connectivity index (χ0n) is 12.0. The second-order valence-electron chi connectivity index (χ2n) is 6.49. The average Bonchev–Trinajstić information content (AvgIpc) is 3.08. The van der Waals surface area contributed by atoms with Crippen LogP contribution >= 0.6 is 0 Å². The van der Waals surface area contributed by atoms with Gasteiger partial charge in [0.2, 0.25) is 5.91 Å². The number of ether oxygens (including phenoxy) is 1. The van der Waals surface area contributed by atoms with Gasteiger partial charge >= 0.3 is 12.1 Å². The summed E-state index contributed by atoms with van der Waals surface area (Å²) < 4.78 is 43.5. The number of esters is 1. The smallest absolute Gasteiger partial charge is 0.416 e. The predicted molar refractivity (Wildman–Crippen MR) is 73.1 cm³/mol. The monoisotopic (exact) mass is 325 g/mol. The van der Waals surface area contributed by atoms with E-state index in [0.717, 1.165) is 18.6 Å². The summed E-state index contributed by atoms with van der Waals surface area (Å²) in [5, 5.41) is 2.54. The molecule has 1 aromatic carbocycles. The Morgan fingerprint density at radius 1 is 1.26 bits per heavy atom. The normalized spacial score (nSPS) is 34.6. The highest BCUT2D eigenvalue weighted by molar-refractivity contribution is 5.97. The number of alkyl halides is 3. The third-order valence-corrected chi connectivity index (χ3v) is 5.24. The molecule has 5 atom stereocenters. The summed E-state index contributed by atoms with van der Waals surface area (Å²) in [5.74, 6) is -1.51. The van der Waals surface area contributed by atoms with Crippen molar-refractivity contribution in [1.82, 2.24) is 0 Å². The molecule has 0 unspecified atom stereocenters. The van der Waals surface area contributed by atoms with Gasteiger partial charge < -0.3 is 10.1 Å². The summed E-state index contributed by atoms with van der Waals surface area (Å²) in [6.45, 7) is 0. The highest BCUT2D eigenvalue weighted by Crippen LogP contribution is 2.57. The van der Waals surface area contributed by atoms with Crippen LogP contribution in [0, 0.1) is 23.7 Å². The van der Waals surface area contributed by atoms with Crippen LogP contribution in [0.2, 0.25) is 0 Å². The average molecular weight is 325 g/mol. The van der Waals surface area contributed by atoms with Gasteiger partial charge in [-0.15, -0.1) is 0 Å². The van der Waals surface area contributed by atoms with E-state index in [2.05, 4.69) is 5.32 Å². The number of carbonyl (C=O) groups excluding carboxylic acids is 2. The molecule has 0 aromatic heterocycles. The van der Waals surface area contributed by atoms with Crippen molar-refractivity contribution in [2.24, 2.45) is 23.7 Å². The summed E-state index contributed by atoms with van der Waals surface area (Å²) >= 11 is 0. The maximum Gasteiger partial charge on any atom is 0.416 e. The van der Waals surface area contributed by atoms with Crippen molar-refractivity contribution in [2.45, 2.75) is 25.1 Å². The molecule has 1 aromatic rings. The molecule has 7 heteroatoms. The molecule has 1 heterocycles. The Morgan fingerprint density at radius 3 is 2.78 bits per heavy atom. The largest absolute Gasteiger partial charge is 0.462 e. The molecule has 2 aliphatic carbocycles. The molecule has 23 heavy (non-hydrogen) atoms. The van der Waals surface area contributed by atoms with Gasteiger partial charge in [0.1, 0.15) is 6.10 Å². The molecule has 122 valence electrons. The number of anilines is 1. The number of benzene rings is 1. The Bertz CT molecular complexity index is 685. The van der Waals surface area contributed by atoms with E-state index in [1.54, 1.807) is 0 Å². The molecule has 4 rings (SSSR count). The Hall–Kier alpha value is -2.05. The van der Waals surface area contributed by atoms with Gasteiger partial charge in [-0.3, -0.25) is 9.59 Å². The molecule has 3 fully saturated rings. The quantitative estimate of drug-likeness (QED) is 0.851. The summed E-state index contributed by atoms with van der Waals surface area (Å²) in [7, 11) is 0. The van der Waals surface area contributed by atoms with Gasteiger partial charge in [0, 0.05) is 11.6 Å². The van der Waals surface area contributed by atoms with Crippen molar-refractivity contribution in [3.8, 4) is 0 Å². The SMILES string of the molecule is O=C(Nc1cccc(C(F)(F)F)c1)[C@@H]1[C@@H]2C[C@@H]3[C@H]1C(=O)O[C@H]3C2. The number of amides is 1. The van der Waals surface area contributed by atoms with Crippen molar-refractivity contribution >= 4 is 17.6 Å². The van der Waals surface area contributed by atoms with E-state index in [-0.39, 0.29) is 35.5 Å². The third-order valence-electron chi connectivity index (χ3n) is 5.24. The maximum atomic E-state index is 12.7. The van der Waals surface area contributed by atoms with Gasteiger partial charge in [0.25, 0.3) is 0 Å². The first-order chi connectivity index (χ1) is 10.8. The zero-order chi connectivity index (χ0) is 16.4. The number of carbonyl (C=O) groups is 2. The summed E-state index contributed by atoms with van der Waals surface area (Å²) in [6, 6.07) is 4.52. The molecular weight excluding hydrogens is 311 g/mol. The van der Waals surface area contributed by atoms with E-state index < -0.39 is 23.6 Å². The number of rotatable bonds is 2. The highest BCUT2D eigenvalue weighted by atomic mass is 19.4. The topological polar surface area (TPSA) is 55.4 Å². The van der Waals surface area contributed by atoms with E-state index in [1.807, 2.05) is 0 Å². The van der Waals surface area contributed by atoms with E-state index in [0.29, 0.717) is 6.42 Å². The number of fused-ring (bicyclic) bond motifs is 1. The number of nitrogens with one attached hydrogen (secondary N) is 1. The number of hydrogen-bond acceptors (Lipinski definition) is 3. The fourth-order valence-corrected chi connectivity index (χ4v) is 4.36. The van der Waals surface area contributed by atoms with Crippen molar-refractivity contribution in [3.63, 3.8) is 0 Å². The molecule has 1 saturated heterocycles. The van der Waals surface area contributed by atoms with Crippen LogP contribution in [0.4, 0.5) is 18.9 Å². The van der Waals surface area contributed by atoms with Gasteiger partial charge in [0.05, 0.1) is 17.4 Å². The van der Waals surface area contributed by atoms with Crippen molar-refractivity contribution in [1.29, 1.82) is 0 Å². The van der Waals surface area contributed by atoms with Gasteiger partial charge in [-0.05, 0) is 37.0 Å². The minimum atomic E-state index is -4.46. The van der Waals surface area contributed by atoms with Crippen molar-refractivity contribution in [2.75, 3.05) is 5.32 Å². The van der Waals surface area contributed by atoms with Crippen LogP contribution in [-0.2, 0) is 20.5 Å². The van der Waals surface area contributed by atoms with Gasteiger partial charge in [0.15, 0.2) is 0 Å². The second kappa shape index (κ2) is 4.72. The molecular formula is C16H14F3NO3. The van der Waals surface area contributed by atoms with Gasteiger partial charge in [-0.2, -0.15) is 13.2 Å². The lowest BCUT2D eigenvalue weighted by atomic mass is 9.79. The minimum absolute atomic E-state index is 0.0740. The Morgan fingerprint density at radius 2 is 2.04 bits per heavy atom. The van der Waals surface area contributed by atoms with E-state index in [9.17, 15) is 22.8 Å². The lowest BCUT2D eigenvalue weighted by Gasteiger charge is -2.23. The standard InChI is InChI=1S/C16H14F3NO3/c17-16(18,19)8-2-1-3-9(6-8)20-14(21)12-7-4-10-11(5-7)23-15(22)13(10)12/h1-3,6-7,10-13H,4-5H2,(H,20,21)/t7-,10+,11+,12-,13-/m1/s1. The van der Waals surface area contributed by atoms with Crippen LogP contribution in [0.25, 0.3) is 0 Å². The van der Waals surface area contributed by atoms with E-state index in [4.69, 9.17) is 4.74 Å². The summed E-state index contributed by atoms with van der Waals surface area (Å²) in [6.07, 6.45) is -3.08. The minimum Gasteiger partial charge on any atom is -0.462 e. The fourth-order valence-electron chi connectivity index (χ4n) is 4.36. The second-order valence-corrected chi connectivity index (χ2v) is 6.49. The Labute approximate surface area is 130 Å². The van der Waals surface area contributed by atoms with Crippen LogP contribution < -0.4 is 5.32 Å². The first-order valence-electron chi connectivity index (χ1n) is 7.53. The summed E-state index contributed by atoms with van der Waals surface area (Å²) in [5.41, 5.74) is -0.723. The summed E-state index contributed by atoms with van der Waals surface area (Å²) in [4.78, 5) is 24.4. The number of halogens is 3. The van der Waals surface area contributed by atoms with Crippen molar-refractivity contribution < 1.29 is 27.5 Å². The fraction of sp³-hybridized carbons (Fsp3) is 0.500. The lowest BCUT2D eigenvalue weighted by Crippen LogP contribution is -2.35. The third kappa shape index (κ3) is 2.21. The van der Waals surface area contributed by atoms with Crippen LogP contribution in [0.1, 0.15) is 18.4 Å². The Kier molecular flexibility index (Phi) is 2.98. The molecule has 1 amide bonds. The molecule has 2 saturated carbocycles. The van der Waals surface area contributed by atoms with Gasteiger partial charge in [-0.1, -0.05) is 6.07 Å².